The number of alkyl halides is 3. The number of benzene rings is 2. The zero-order valence-corrected chi connectivity index (χ0v) is 14.7. The Morgan fingerprint density at radius 2 is 1.83 bits per heavy atom. The predicted octanol–water partition coefficient (Wildman–Crippen LogP) is 3.46. The predicted molar refractivity (Wildman–Crippen MR) is 92.0 cm³/mol. The number of carbonyl (C=O) groups excluding carboxylic acids is 2. The topological polar surface area (TPSA) is 119 Å². The quantitative estimate of drug-likeness (QED) is 0.362. The van der Waals surface area contributed by atoms with Gasteiger partial charge in [0.15, 0.2) is 0 Å². The maximum absolute atomic E-state index is 12.9. The number of carbonyl (C=O) groups is 2. The molecule has 30 heavy (non-hydrogen) atoms. The van der Waals surface area contributed by atoms with E-state index in [2.05, 4.69) is 10.1 Å². The summed E-state index contributed by atoms with van der Waals surface area (Å²) in [6.07, 6.45) is -4.56. The van der Waals surface area contributed by atoms with E-state index in [0.29, 0.717) is 4.90 Å². The molecule has 152 valence electrons. The molecule has 9 nitrogen and oxygen atoms in total. The Bertz CT molecular complexity index is 1200. The molecule has 0 unspecified atom stereocenters. The molecular weight excluding hydrogens is 409 g/mol. The minimum atomic E-state index is -4.56. The van der Waals surface area contributed by atoms with Crippen molar-refractivity contribution in [2.45, 2.75) is 12.7 Å². The van der Waals surface area contributed by atoms with Gasteiger partial charge >= 0.3 is 6.18 Å². The maximum atomic E-state index is 12.9. The molecule has 0 saturated carbocycles. The molecule has 1 aliphatic rings. The summed E-state index contributed by atoms with van der Waals surface area (Å²) in [5.41, 5.74) is -1.86. The second kappa shape index (κ2) is 6.76. The zero-order chi connectivity index (χ0) is 21.6. The highest BCUT2D eigenvalue weighted by atomic mass is 19.4. The molecule has 1 aliphatic heterocycles. The third kappa shape index (κ3) is 3.17. The van der Waals surface area contributed by atoms with E-state index in [9.17, 15) is 32.9 Å². The molecule has 0 atom stereocenters. The molecule has 2 heterocycles. The Morgan fingerprint density at radius 3 is 2.53 bits per heavy atom. The van der Waals surface area contributed by atoms with Crippen molar-refractivity contribution in [3.8, 4) is 11.4 Å². The van der Waals surface area contributed by atoms with E-state index >= 15 is 0 Å². The van der Waals surface area contributed by atoms with Crippen LogP contribution in [0.25, 0.3) is 11.4 Å². The smallest absolute Gasteiger partial charge is 0.337 e. The maximum Gasteiger partial charge on any atom is 0.416 e. The van der Waals surface area contributed by atoms with Crippen LogP contribution in [0.3, 0.4) is 0 Å². The first-order valence-corrected chi connectivity index (χ1v) is 8.30. The van der Waals surface area contributed by atoms with Gasteiger partial charge in [0, 0.05) is 11.6 Å². The zero-order valence-electron chi connectivity index (χ0n) is 14.7. The summed E-state index contributed by atoms with van der Waals surface area (Å²) in [7, 11) is 0. The van der Waals surface area contributed by atoms with E-state index in [-0.39, 0.29) is 28.4 Å². The Kier molecular flexibility index (Phi) is 4.33. The van der Waals surface area contributed by atoms with Crippen LogP contribution in [0.5, 0.6) is 0 Å². The molecule has 0 radical (unpaired) electrons. The van der Waals surface area contributed by atoms with Crippen molar-refractivity contribution in [1.29, 1.82) is 0 Å². The van der Waals surface area contributed by atoms with E-state index in [4.69, 9.17) is 4.52 Å². The van der Waals surface area contributed by atoms with Crippen LogP contribution in [0, 0.1) is 10.1 Å². The Morgan fingerprint density at radius 1 is 1.10 bits per heavy atom. The second-order valence-electron chi connectivity index (χ2n) is 6.24. The lowest BCUT2D eigenvalue weighted by molar-refractivity contribution is -0.385. The number of nitrogens with zero attached hydrogens (tertiary/aromatic N) is 4. The van der Waals surface area contributed by atoms with Gasteiger partial charge in [0.05, 0.1) is 16.1 Å². The number of hydrogen-bond acceptors (Lipinski definition) is 7. The van der Waals surface area contributed by atoms with E-state index in [1.54, 1.807) is 0 Å². The SMILES string of the molecule is O=C1c2cccc([N+](=O)[O-])c2C(=O)N1Cc1nc(-c2cccc(C(F)(F)F)c2)no1. The van der Waals surface area contributed by atoms with Crippen molar-refractivity contribution in [2.75, 3.05) is 0 Å². The first kappa shape index (κ1) is 19.2. The van der Waals surface area contributed by atoms with E-state index in [0.717, 1.165) is 18.2 Å². The van der Waals surface area contributed by atoms with Crippen LogP contribution in [0.4, 0.5) is 18.9 Å². The van der Waals surface area contributed by atoms with Gasteiger partial charge in [0.1, 0.15) is 12.1 Å². The lowest BCUT2D eigenvalue weighted by atomic mass is 10.1. The van der Waals surface area contributed by atoms with Gasteiger partial charge in [0.2, 0.25) is 11.7 Å². The monoisotopic (exact) mass is 418 g/mol. The molecule has 2 aromatic carbocycles. The number of amides is 2. The summed E-state index contributed by atoms with van der Waals surface area (Å²) in [6, 6.07) is 7.91. The minimum absolute atomic E-state index is 0.0258. The fourth-order valence-electron chi connectivity index (χ4n) is 3.02. The Hall–Kier alpha value is -4.09. The lowest BCUT2D eigenvalue weighted by Gasteiger charge is -2.09. The number of fused-ring (bicyclic) bond motifs is 1. The molecule has 3 aromatic rings. The van der Waals surface area contributed by atoms with Crippen LogP contribution < -0.4 is 0 Å². The molecule has 1 aromatic heterocycles. The van der Waals surface area contributed by atoms with Crippen LogP contribution in [-0.2, 0) is 12.7 Å². The van der Waals surface area contributed by atoms with Crippen molar-refractivity contribution in [3.05, 3.63) is 75.2 Å². The Balaban J connectivity index is 1.61. The van der Waals surface area contributed by atoms with Gasteiger partial charge in [0.25, 0.3) is 17.5 Å². The van der Waals surface area contributed by atoms with E-state index in [1.165, 1.54) is 24.3 Å². The molecular formula is C18H9F3N4O5. The fourth-order valence-corrected chi connectivity index (χ4v) is 3.02. The van der Waals surface area contributed by atoms with Gasteiger partial charge < -0.3 is 4.52 Å². The van der Waals surface area contributed by atoms with Crippen LogP contribution in [0.15, 0.2) is 47.0 Å². The highest BCUT2D eigenvalue weighted by Gasteiger charge is 2.41. The van der Waals surface area contributed by atoms with E-state index < -0.39 is 40.7 Å². The van der Waals surface area contributed by atoms with Crippen LogP contribution >= 0.6 is 0 Å². The van der Waals surface area contributed by atoms with E-state index in [1.807, 2.05) is 0 Å². The number of nitro benzene ring substituents is 1. The number of nitro groups is 1. The molecule has 0 fully saturated rings. The van der Waals surface area contributed by atoms with Crippen molar-refractivity contribution in [3.63, 3.8) is 0 Å². The third-order valence-corrected chi connectivity index (χ3v) is 4.38. The summed E-state index contributed by atoms with van der Waals surface area (Å²) in [6.45, 7) is -0.491. The third-order valence-electron chi connectivity index (χ3n) is 4.38. The van der Waals surface area contributed by atoms with Gasteiger partial charge in [-0.05, 0) is 18.2 Å². The van der Waals surface area contributed by atoms with Crippen LogP contribution in [0.1, 0.15) is 32.2 Å². The number of rotatable bonds is 4. The normalized spacial score (nSPS) is 13.6. The fraction of sp³-hybridized carbons (Fsp3) is 0.111. The molecule has 0 spiro atoms. The van der Waals surface area contributed by atoms with Gasteiger partial charge in [-0.1, -0.05) is 23.4 Å². The second-order valence-corrected chi connectivity index (χ2v) is 6.24. The van der Waals surface area contributed by atoms with Gasteiger partial charge in [-0.3, -0.25) is 24.6 Å². The lowest BCUT2D eigenvalue weighted by Crippen LogP contribution is -2.29. The van der Waals surface area contributed by atoms with Crippen LogP contribution in [0.2, 0.25) is 0 Å². The molecule has 0 aliphatic carbocycles. The van der Waals surface area contributed by atoms with Crippen LogP contribution in [-0.4, -0.2) is 31.8 Å². The molecule has 0 N–H and O–H groups in total. The molecule has 0 bridgehead atoms. The summed E-state index contributed by atoms with van der Waals surface area (Å²) in [5.74, 6) is -2.07. The van der Waals surface area contributed by atoms with Crippen molar-refractivity contribution >= 4 is 17.5 Å². The number of imide groups is 1. The summed E-state index contributed by atoms with van der Waals surface area (Å²) >= 11 is 0. The van der Waals surface area contributed by atoms with Crippen molar-refractivity contribution in [2.24, 2.45) is 0 Å². The van der Waals surface area contributed by atoms with Gasteiger partial charge in [-0.25, -0.2) is 0 Å². The Labute approximate surface area is 164 Å². The summed E-state index contributed by atoms with van der Waals surface area (Å²) in [4.78, 5) is 40.0. The largest absolute Gasteiger partial charge is 0.416 e. The standard InChI is InChI=1S/C18H9F3N4O5/c19-18(20,21)10-4-1-3-9(7-10)15-22-13(30-23-15)8-24-16(26)11-5-2-6-12(25(28)29)14(11)17(24)27/h1-7H,8H2. The average Bonchev–Trinajstić information content (AvgIpc) is 3.27. The van der Waals surface area contributed by atoms with Crippen molar-refractivity contribution in [1.82, 2.24) is 15.0 Å². The molecule has 0 saturated heterocycles. The molecule has 12 heteroatoms. The van der Waals surface area contributed by atoms with Gasteiger partial charge in [-0.2, -0.15) is 18.2 Å². The summed E-state index contributed by atoms with van der Waals surface area (Å²) in [5, 5.41) is 14.7. The van der Waals surface area contributed by atoms with Gasteiger partial charge in [-0.15, -0.1) is 0 Å². The average molecular weight is 418 g/mol. The first-order chi connectivity index (χ1) is 14.2. The number of hydrogen-bond donors (Lipinski definition) is 0. The highest BCUT2D eigenvalue weighted by Crippen LogP contribution is 2.33. The minimum Gasteiger partial charge on any atom is -0.337 e. The first-order valence-electron chi connectivity index (χ1n) is 8.30. The number of aromatic nitrogens is 2. The van der Waals surface area contributed by atoms with Crippen molar-refractivity contribution < 1.29 is 32.2 Å². The summed E-state index contributed by atoms with van der Waals surface area (Å²) < 4.78 is 43.6. The number of halogens is 3. The highest BCUT2D eigenvalue weighted by molar-refractivity contribution is 6.23. The molecule has 4 rings (SSSR count). The molecule has 2 amide bonds.